The number of carboxylic acid groups (broad SMARTS) is 1. The molecule has 1 atom stereocenters. The summed E-state index contributed by atoms with van der Waals surface area (Å²) in [6.07, 6.45) is 0. The van der Waals surface area contributed by atoms with Crippen LogP contribution in [0, 0.1) is 6.92 Å². The van der Waals surface area contributed by atoms with Crippen molar-refractivity contribution < 1.29 is 14.7 Å². The van der Waals surface area contributed by atoms with E-state index >= 15 is 0 Å². The lowest BCUT2D eigenvalue weighted by Crippen LogP contribution is -2.25. The van der Waals surface area contributed by atoms with Crippen LogP contribution in [0.5, 0.6) is 0 Å². The normalized spacial score (nSPS) is 11.9. The Morgan fingerprint density at radius 1 is 1.30 bits per heavy atom. The van der Waals surface area contributed by atoms with Crippen molar-refractivity contribution in [2.24, 2.45) is 0 Å². The molecular weight excluding hydrogens is 260 g/mol. The maximum absolute atomic E-state index is 12.1. The van der Waals surface area contributed by atoms with E-state index in [1.165, 1.54) is 4.68 Å². The average Bonchev–Trinajstić information content (AvgIpc) is 2.81. The Morgan fingerprint density at radius 3 is 2.50 bits per heavy atom. The van der Waals surface area contributed by atoms with E-state index in [1.54, 1.807) is 26.0 Å². The summed E-state index contributed by atoms with van der Waals surface area (Å²) in [6.45, 7) is 3.20. The molecule has 0 fully saturated rings. The van der Waals surface area contributed by atoms with Crippen molar-refractivity contribution >= 4 is 17.6 Å². The number of nitrogens with zero attached hydrogens (tertiary/aromatic N) is 3. The monoisotopic (exact) mass is 274 g/mol. The average molecular weight is 274 g/mol. The lowest BCUT2D eigenvalue weighted by molar-refractivity contribution is -0.119. The number of carbonyl (C=O) groups is 2. The van der Waals surface area contributed by atoms with Gasteiger partial charge in [-0.2, -0.15) is 0 Å². The zero-order valence-corrected chi connectivity index (χ0v) is 11.1. The highest BCUT2D eigenvalue weighted by atomic mass is 16.4. The van der Waals surface area contributed by atoms with Gasteiger partial charge in [0, 0.05) is 5.69 Å². The number of aromatic carboxylic acids is 1. The maximum atomic E-state index is 12.1. The molecule has 2 N–H and O–H groups in total. The highest BCUT2D eigenvalue weighted by molar-refractivity contribution is 5.93. The topological polar surface area (TPSA) is 97.1 Å². The lowest BCUT2D eigenvalue weighted by atomic mass is 10.2. The minimum Gasteiger partial charge on any atom is -0.476 e. The second-order valence-corrected chi connectivity index (χ2v) is 4.30. The molecular formula is C13H14N4O3. The van der Waals surface area contributed by atoms with Crippen molar-refractivity contribution in [2.75, 3.05) is 5.32 Å². The molecule has 7 nitrogen and oxygen atoms in total. The quantitative estimate of drug-likeness (QED) is 0.880. The van der Waals surface area contributed by atoms with Crippen LogP contribution in [0.15, 0.2) is 30.3 Å². The Labute approximate surface area is 115 Å². The van der Waals surface area contributed by atoms with Crippen LogP contribution in [0.4, 0.5) is 5.69 Å². The molecule has 0 aliphatic rings. The van der Waals surface area contributed by atoms with Crippen LogP contribution >= 0.6 is 0 Å². The molecule has 2 rings (SSSR count). The predicted octanol–water partition coefficient (Wildman–Crippen LogP) is 1.48. The number of benzene rings is 1. The molecule has 0 bridgehead atoms. The van der Waals surface area contributed by atoms with Gasteiger partial charge in [0.25, 0.3) is 0 Å². The van der Waals surface area contributed by atoms with E-state index in [9.17, 15) is 9.59 Å². The predicted molar refractivity (Wildman–Crippen MR) is 71.5 cm³/mol. The number of carbonyl (C=O) groups excluding carboxylic acids is 1. The molecule has 20 heavy (non-hydrogen) atoms. The van der Waals surface area contributed by atoms with E-state index in [0.29, 0.717) is 11.4 Å². The van der Waals surface area contributed by atoms with E-state index in [4.69, 9.17) is 5.11 Å². The molecule has 1 amide bonds. The van der Waals surface area contributed by atoms with Gasteiger partial charge in [0.1, 0.15) is 6.04 Å². The number of hydrogen-bond acceptors (Lipinski definition) is 4. The van der Waals surface area contributed by atoms with Gasteiger partial charge in [-0.1, -0.05) is 23.4 Å². The third-order valence-corrected chi connectivity index (χ3v) is 2.92. The number of nitrogens with one attached hydrogen (secondary N) is 1. The molecule has 1 heterocycles. The Morgan fingerprint density at radius 2 is 1.95 bits per heavy atom. The fraction of sp³-hybridized carbons (Fsp3) is 0.231. The van der Waals surface area contributed by atoms with Crippen LogP contribution in [0.2, 0.25) is 0 Å². The lowest BCUT2D eigenvalue weighted by Gasteiger charge is -2.13. The molecule has 0 saturated carbocycles. The number of carboxylic acids is 1. The summed E-state index contributed by atoms with van der Waals surface area (Å²) in [4.78, 5) is 23.0. The van der Waals surface area contributed by atoms with Crippen LogP contribution in [0.3, 0.4) is 0 Å². The second kappa shape index (κ2) is 5.52. The Kier molecular flexibility index (Phi) is 3.79. The van der Waals surface area contributed by atoms with Crippen molar-refractivity contribution in [3.05, 3.63) is 41.7 Å². The molecule has 1 aromatic carbocycles. The van der Waals surface area contributed by atoms with Crippen molar-refractivity contribution in [1.82, 2.24) is 15.0 Å². The van der Waals surface area contributed by atoms with E-state index in [1.807, 2.05) is 18.2 Å². The SMILES string of the molecule is Cc1c(C(=O)O)nnn1C(C)C(=O)Nc1ccccc1. The molecule has 1 aromatic heterocycles. The van der Waals surface area contributed by atoms with Crippen molar-refractivity contribution in [3.63, 3.8) is 0 Å². The smallest absolute Gasteiger partial charge is 0.358 e. The van der Waals surface area contributed by atoms with Crippen molar-refractivity contribution in [2.45, 2.75) is 19.9 Å². The maximum Gasteiger partial charge on any atom is 0.358 e. The van der Waals surface area contributed by atoms with Gasteiger partial charge >= 0.3 is 5.97 Å². The van der Waals surface area contributed by atoms with Gasteiger partial charge in [0.2, 0.25) is 5.91 Å². The summed E-state index contributed by atoms with van der Waals surface area (Å²) in [5, 5.41) is 18.9. The number of anilines is 1. The molecule has 0 aliphatic heterocycles. The number of rotatable bonds is 4. The number of hydrogen-bond donors (Lipinski definition) is 2. The first-order valence-corrected chi connectivity index (χ1v) is 6.01. The van der Waals surface area contributed by atoms with Gasteiger partial charge in [0.15, 0.2) is 5.69 Å². The summed E-state index contributed by atoms with van der Waals surface area (Å²) < 4.78 is 1.29. The summed E-state index contributed by atoms with van der Waals surface area (Å²) in [5.74, 6) is -1.45. The van der Waals surface area contributed by atoms with E-state index in [-0.39, 0.29) is 11.6 Å². The number of para-hydroxylation sites is 1. The van der Waals surface area contributed by atoms with Crippen molar-refractivity contribution in [3.8, 4) is 0 Å². The van der Waals surface area contributed by atoms with Crippen LogP contribution < -0.4 is 5.32 Å². The Bertz CT molecular complexity index is 636. The zero-order valence-electron chi connectivity index (χ0n) is 11.1. The van der Waals surface area contributed by atoms with Crippen LogP contribution in [0.25, 0.3) is 0 Å². The first-order chi connectivity index (χ1) is 9.50. The third-order valence-electron chi connectivity index (χ3n) is 2.92. The minimum atomic E-state index is -1.16. The van der Waals surface area contributed by atoms with E-state index in [2.05, 4.69) is 15.6 Å². The minimum absolute atomic E-state index is 0.149. The molecule has 1 unspecified atom stereocenters. The summed E-state index contributed by atoms with van der Waals surface area (Å²) in [5.41, 5.74) is 0.859. The van der Waals surface area contributed by atoms with E-state index < -0.39 is 12.0 Å². The molecule has 0 spiro atoms. The highest BCUT2D eigenvalue weighted by Crippen LogP contribution is 2.14. The second-order valence-electron chi connectivity index (χ2n) is 4.30. The molecule has 0 radical (unpaired) electrons. The fourth-order valence-electron chi connectivity index (χ4n) is 1.79. The van der Waals surface area contributed by atoms with Crippen LogP contribution in [0.1, 0.15) is 29.1 Å². The number of amides is 1. The van der Waals surface area contributed by atoms with Gasteiger partial charge < -0.3 is 10.4 Å². The molecule has 7 heteroatoms. The largest absolute Gasteiger partial charge is 0.476 e. The van der Waals surface area contributed by atoms with Gasteiger partial charge in [-0.25, -0.2) is 9.48 Å². The van der Waals surface area contributed by atoms with Gasteiger partial charge in [0.05, 0.1) is 5.69 Å². The Hall–Kier alpha value is -2.70. The Balaban J connectivity index is 2.17. The van der Waals surface area contributed by atoms with Crippen LogP contribution in [-0.4, -0.2) is 32.0 Å². The molecule has 0 saturated heterocycles. The van der Waals surface area contributed by atoms with Gasteiger partial charge in [-0.05, 0) is 26.0 Å². The van der Waals surface area contributed by atoms with Crippen molar-refractivity contribution in [1.29, 1.82) is 0 Å². The third kappa shape index (κ3) is 2.66. The standard InChI is InChI=1S/C13H14N4O3/c1-8-11(13(19)20)15-16-17(8)9(2)12(18)14-10-6-4-3-5-7-10/h3-7,9H,1-2H3,(H,14,18)(H,19,20). The molecule has 0 aliphatic carbocycles. The highest BCUT2D eigenvalue weighted by Gasteiger charge is 2.22. The van der Waals surface area contributed by atoms with Crippen LogP contribution in [-0.2, 0) is 4.79 Å². The summed E-state index contributed by atoms with van der Waals surface area (Å²) in [7, 11) is 0. The molecule has 104 valence electrons. The molecule has 2 aromatic rings. The number of aromatic nitrogens is 3. The first-order valence-electron chi connectivity index (χ1n) is 6.01. The van der Waals surface area contributed by atoms with E-state index in [0.717, 1.165) is 0 Å². The first kappa shape index (κ1) is 13.7. The summed E-state index contributed by atoms with van der Waals surface area (Å²) in [6, 6.07) is 8.34. The van der Waals surface area contributed by atoms with Gasteiger partial charge in [-0.3, -0.25) is 4.79 Å². The fourth-order valence-corrected chi connectivity index (χ4v) is 1.79. The van der Waals surface area contributed by atoms with Gasteiger partial charge in [-0.15, -0.1) is 5.10 Å². The summed E-state index contributed by atoms with van der Waals surface area (Å²) >= 11 is 0. The zero-order chi connectivity index (χ0) is 14.7.